The summed E-state index contributed by atoms with van der Waals surface area (Å²) >= 11 is 17.9. The number of pyridine rings is 1. The zero-order valence-electron chi connectivity index (χ0n) is 9.50. The first-order valence-corrected chi connectivity index (χ1v) is 6.65. The Morgan fingerprint density at radius 2 is 1.58 bits per heavy atom. The van der Waals surface area contributed by atoms with Crippen LogP contribution < -0.4 is 0 Å². The van der Waals surface area contributed by atoms with Gasteiger partial charge in [0.15, 0.2) is 0 Å². The second-order valence-electron chi connectivity index (χ2n) is 4.17. The van der Waals surface area contributed by atoms with Crippen LogP contribution in [-0.2, 0) is 3.79 Å². The molecule has 1 aromatic heterocycles. The Labute approximate surface area is 123 Å². The maximum atomic E-state index is 13.4. The monoisotopic (exact) mass is 313 g/mol. The van der Waals surface area contributed by atoms with Crippen molar-refractivity contribution in [1.82, 2.24) is 4.98 Å². The third kappa shape index (κ3) is 2.25. The Morgan fingerprint density at radius 3 is 2.26 bits per heavy atom. The van der Waals surface area contributed by atoms with Crippen molar-refractivity contribution >= 4 is 56.5 Å². The van der Waals surface area contributed by atoms with Crippen LogP contribution in [0.1, 0.15) is 5.69 Å². The van der Waals surface area contributed by atoms with Gasteiger partial charge in [0.25, 0.3) is 0 Å². The molecular weight excluding hydrogens is 308 g/mol. The highest BCUT2D eigenvalue weighted by Gasteiger charge is 2.27. The van der Waals surface area contributed by atoms with Crippen molar-refractivity contribution in [2.24, 2.45) is 0 Å². The molecule has 1 heterocycles. The molecule has 0 aliphatic carbocycles. The van der Waals surface area contributed by atoms with E-state index in [-0.39, 0.29) is 5.82 Å². The molecule has 0 radical (unpaired) electrons. The van der Waals surface area contributed by atoms with E-state index in [1.165, 1.54) is 12.1 Å². The molecule has 5 heteroatoms. The van der Waals surface area contributed by atoms with E-state index in [0.29, 0.717) is 22.0 Å². The van der Waals surface area contributed by atoms with Gasteiger partial charge in [-0.05, 0) is 23.6 Å². The van der Waals surface area contributed by atoms with Gasteiger partial charge in [-0.15, -0.1) is 0 Å². The lowest BCUT2D eigenvalue weighted by Gasteiger charge is -2.15. The third-order valence-electron chi connectivity index (χ3n) is 2.93. The van der Waals surface area contributed by atoms with Gasteiger partial charge in [0.1, 0.15) is 11.5 Å². The summed E-state index contributed by atoms with van der Waals surface area (Å²) in [6.45, 7) is 0. The van der Waals surface area contributed by atoms with Crippen molar-refractivity contribution in [3.8, 4) is 0 Å². The number of nitrogens with zero attached hydrogens (tertiary/aromatic N) is 1. The van der Waals surface area contributed by atoms with Crippen LogP contribution >= 0.6 is 34.8 Å². The van der Waals surface area contributed by atoms with Crippen LogP contribution in [-0.4, -0.2) is 4.98 Å². The van der Waals surface area contributed by atoms with Crippen molar-refractivity contribution in [2.75, 3.05) is 0 Å². The lowest BCUT2D eigenvalue weighted by molar-refractivity contribution is 0.629. The van der Waals surface area contributed by atoms with Crippen LogP contribution in [0.5, 0.6) is 0 Å². The van der Waals surface area contributed by atoms with Crippen molar-refractivity contribution < 1.29 is 4.39 Å². The number of aromatic nitrogens is 1. The van der Waals surface area contributed by atoms with Gasteiger partial charge in [0.05, 0.1) is 5.52 Å². The van der Waals surface area contributed by atoms with E-state index in [1.807, 2.05) is 24.3 Å². The molecule has 19 heavy (non-hydrogen) atoms. The third-order valence-corrected chi connectivity index (χ3v) is 3.47. The minimum Gasteiger partial charge on any atom is -0.248 e. The fourth-order valence-electron chi connectivity index (χ4n) is 2.14. The zero-order chi connectivity index (χ0) is 13.6. The molecule has 0 N–H and O–H groups in total. The minimum atomic E-state index is -1.62. The predicted octanol–water partition coefficient (Wildman–Crippen LogP) is 5.35. The summed E-state index contributed by atoms with van der Waals surface area (Å²) in [5, 5.41) is 2.22. The topological polar surface area (TPSA) is 12.9 Å². The Bertz CT molecular complexity index is 781. The maximum Gasteiger partial charge on any atom is 0.233 e. The van der Waals surface area contributed by atoms with E-state index in [9.17, 15) is 4.39 Å². The minimum absolute atomic E-state index is 0.318. The smallest absolute Gasteiger partial charge is 0.233 e. The van der Waals surface area contributed by atoms with Crippen LogP contribution in [0.2, 0.25) is 0 Å². The van der Waals surface area contributed by atoms with Crippen molar-refractivity contribution in [2.45, 2.75) is 3.79 Å². The van der Waals surface area contributed by atoms with E-state index in [0.717, 1.165) is 5.39 Å². The van der Waals surface area contributed by atoms with Crippen molar-refractivity contribution in [3.63, 3.8) is 0 Å². The molecule has 0 saturated heterocycles. The highest BCUT2D eigenvalue weighted by molar-refractivity contribution is 6.67. The number of hydrogen-bond acceptors (Lipinski definition) is 1. The van der Waals surface area contributed by atoms with Crippen molar-refractivity contribution in [1.29, 1.82) is 0 Å². The van der Waals surface area contributed by atoms with E-state index in [2.05, 4.69) is 4.98 Å². The summed E-state index contributed by atoms with van der Waals surface area (Å²) in [7, 11) is 0. The van der Waals surface area contributed by atoms with E-state index in [1.54, 1.807) is 6.07 Å². The molecule has 3 rings (SSSR count). The highest BCUT2D eigenvalue weighted by atomic mass is 35.6. The van der Waals surface area contributed by atoms with Crippen LogP contribution in [0.4, 0.5) is 4.39 Å². The summed E-state index contributed by atoms with van der Waals surface area (Å²) in [4.78, 5) is 4.35. The average molecular weight is 315 g/mol. The van der Waals surface area contributed by atoms with Gasteiger partial charge < -0.3 is 0 Å². The number of fused-ring (bicyclic) bond motifs is 3. The Balaban J connectivity index is 2.54. The average Bonchev–Trinajstić information content (AvgIpc) is 2.37. The normalized spacial score (nSPS) is 12.2. The first-order valence-electron chi connectivity index (χ1n) is 5.52. The summed E-state index contributed by atoms with van der Waals surface area (Å²) in [5.41, 5.74) is 0.952. The first-order chi connectivity index (χ1) is 8.97. The molecule has 0 aliphatic heterocycles. The fourth-order valence-corrected chi connectivity index (χ4v) is 2.57. The summed E-state index contributed by atoms with van der Waals surface area (Å²) in [5.74, 6) is -0.318. The lowest BCUT2D eigenvalue weighted by atomic mass is 10.0. The largest absolute Gasteiger partial charge is 0.248 e. The standard InChI is InChI=1S/C14H7Cl3FN/c15-14(16,17)13-10-4-2-1-3-9(10)11-7-8(18)5-6-12(11)19-13/h1-7H. The molecule has 0 fully saturated rings. The zero-order valence-corrected chi connectivity index (χ0v) is 11.8. The van der Waals surface area contributed by atoms with Gasteiger partial charge >= 0.3 is 0 Å². The Kier molecular flexibility index (Phi) is 3.05. The van der Waals surface area contributed by atoms with E-state index >= 15 is 0 Å². The second kappa shape index (κ2) is 4.48. The number of rotatable bonds is 0. The molecule has 0 aliphatic rings. The van der Waals surface area contributed by atoms with Gasteiger partial charge in [-0.1, -0.05) is 59.1 Å². The molecule has 0 amide bonds. The Morgan fingerprint density at radius 1 is 0.895 bits per heavy atom. The summed E-state index contributed by atoms with van der Waals surface area (Å²) < 4.78 is 11.8. The molecule has 0 unspecified atom stereocenters. The molecule has 0 saturated carbocycles. The van der Waals surface area contributed by atoms with Gasteiger partial charge in [0, 0.05) is 10.8 Å². The molecule has 0 atom stereocenters. The van der Waals surface area contributed by atoms with Gasteiger partial charge in [-0.25, -0.2) is 9.37 Å². The second-order valence-corrected chi connectivity index (χ2v) is 6.45. The summed E-state index contributed by atoms with van der Waals surface area (Å²) in [6, 6.07) is 11.7. The van der Waals surface area contributed by atoms with E-state index in [4.69, 9.17) is 34.8 Å². The molecule has 96 valence electrons. The maximum absolute atomic E-state index is 13.4. The van der Waals surface area contributed by atoms with Gasteiger partial charge in [0.2, 0.25) is 3.79 Å². The van der Waals surface area contributed by atoms with Crippen LogP contribution in [0.3, 0.4) is 0 Å². The molecule has 3 aromatic rings. The van der Waals surface area contributed by atoms with Gasteiger partial charge in [-0.2, -0.15) is 0 Å². The lowest BCUT2D eigenvalue weighted by Crippen LogP contribution is -2.05. The predicted molar refractivity (Wildman–Crippen MR) is 78.4 cm³/mol. The number of alkyl halides is 3. The van der Waals surface area contributed by atoms with Crippen LogP contribution in [0.15, 0.2) is 42.5 Å². The Hall–Kier alpha value is -1.09. The van der Waals surface area contributed by atoms with Crippen molar-refractivity contribution in [3.05, 3.63) is 54.0 Å². The number of benzene rings is 2. The first kappa shape index (κ1) is 12.9. The molecular formula is C14H7Cl3FN. The molecule has 2 aromatic carbocycles. The SMILES string of the molecule is Fc1ccc2nc(C(Cl)(Cl)Cl)c3ccccc3c2c1. The fraction of sp³-hybridized carbons (Fsp3) is 0.0714. The number of hydrogen-bond donors (Lipinski definition) is 0. The van der Waals surface area contributed by atoms with Crippen LogP contribution in [0, 0.1) is 5.82 Å². The van der Waals surface area contributed by atoms with E-state index < -0.39 is 3.79 Å². The molecule has 0 spiro atoms. The summed E-state index contributed by atoms with van der Waals surface area (Å²) in [6.07, 6.45) is 0. The van der Waals surface area contributed by atoms with Gasteiger partial charge in [-0.3, -0.25) is 0 Å². The highest BCUT2D eigenvalue weighted by Crippen LogP contribution is 2.42. The quantitative estimate of drug-likeness (QED) is 0.402. The van der Waals surface area contributed by atoms with Crippen LogP contribution in [0.25, 0.3) is 21.7 Å². The molecule has 1 nitrogen and oxygen atoms in total. The molecule has 0 bridgehead atoms. The number of halogens is 4.